The molecular formula is C10H13NO2S. The second-order valence-electron chi connectivity index (χ2n) is 3.50. The third kappa shape index (κ3) is 1.67. The summed E-state index contributed by atoms with van der Waals surface area (Å²) in [6, 6.07) is 2.13. The molecule has 0 unspecified atom stereocenters. The SMILES string of the molecule is O=Cc1cc(N2CCC[C@H]2CO)cs1. The van der Waals surface area contributed by atoms with E-state index in [1.807, 2.05) is 11.4 Å². The Morgan fingerprint density at radius 1 is 1.71 bits per heavy atom. The Morgan fingerprint density at radius 3 is 3.21 bits per heavy atom. The Morgan fingerprint density at radius 2 is 2.57 bits per heavy atom. The van der Waals surface area contributed by atoms with Gasteiger partial charge in [-0.2, -0.15) is 0 Å². The second kappa shape index (κ2) is 4.11. The molecule has 76 valence electrons. The summed E-state index contributed by atoms with van der Waals surface area (Å²) in [5.74, 6) is 0. The molecule has 1 N–H and O–H groups in total. The van der Waals surface area contributed by atoms with Gasteiger partial charge in [-0.3, -0.25) is 4.79 Å². The molecule has 0 aliphatic carbocycles. The fourth-order valence-corrected chi connectivity index (χ4v) is 2.62. The van der Waals surface area contributed by atoms with Crippen molar-refractivity contribution in [3.8, 4) is 0 Å². The molecule has 0 saturated carbocycles. The molecule has 0 bridgehead atoms. The highest BCUT2D eigenvalue weighted by Gasteiger charge is 2.24. The Balaban J connectivity index is 2.17. The molecule has 4 heteroatoms. The van der Waals surface area contributed by atoms with E-state index >= 15 is 0 Å². The number of aldehydes is 1. The minimum Gasteiger partial charge on any atom is -0.394 e. The van der Waals surface area contributed by atoms with Crippen molar-refractivity contribution in [2.45, 2.75) is 18.9 Å². The minimum absolute atomic E-state index is 0.201. The van der Waals surface area contributed by atoms with Gasteiger partial charge >= 0.3 is 0 Å². The van der Waals surface area contributed by atoms with Gasteiger partial charge in [-0.05, 0) is 18.9 Å². The van der Waals surface area contributed by atoms with Gasteiger partial charge in [0.15, 0.2) is 6.29 Å². The number of carbonyl (C=O) groups excluding carboxylic acids is 1. The van der Waals surface area contributed by atoms with Gasteiger partial charge in [-0.1, -0.05) is 0 Å². The van der Waals surface area contributed by atoms with E-state index in [9.17, 15) is 4.79 Å². The van der Waals surface area contributed by atoms with Crippen LogP contribution in [0.25, 0.3) is 0 Å². The number of nitrogens with zero attached hydrogens (tertiary/aromatic N) is 1. The molecule has 1 aliphatic rings. The van der Waals surface area contributed by atoms with E-state index in [4.69, 9.17) is 5.11 Å². The van der Waals surface area contributed by atoms with Crippen molar-refractivity contribution in [1.29, 1.82) is 0 Å². The van der Waals surface area contributed by atoms with Crippen molar-refractivity contribution in [1.82, 2.24) is 0 Å². The van der Waals surface area contributed by atoms with Crippen molar-refractivity contribution >= 4 is 23.3 Å². The maximum Gasteiger partial charge on any atom is 0.160 e. The normalized spacial score (nSPS) is 21.5. The van der Waals surface area contributed by atoms with Crippen LogP contribution in [0.5, 0.6) is 0 Å². The maximum absolute atomic E-state index is 10.5. The van der Waals surface area contributed by atoms with E-state index in [0.717, 1.165) is 36.2 Å². The standard InChI is InChI=1S/C10H13NO2S/c12-5-8-2-1-3-11(8)9-4-10(6-13)14-7-9/h4,6-8,12H,1-3,5H2/t8-/m0/s1. The molecule has 0 aromatic carbocycles. The number of carbonyl (C=O) groups is 1. The molecule has 1 saturated heterocycles. The molecule has 1 aromatic rings. The molecule has 0 radical (unpaired) electrons. The van der Waals surface area contributed by atoms with Gasteiger partial charge in [0.2, 0.25) is 0 Å². The molecule has 1 atom stereocenters. The molecule has 1 fully saturated rings. The summed E-state index contributed by atoms with van der Waals surface area (Å²) in [7, 11) is 0. The van der Waals surface area contributed by atoms with Crippen LogP contribution in [0, 0.1) is 0 Å². The number of thiophene rings is 1. The zero-order valence-electron chi connectivity index (χ0n) is 7.85. The quantitative estimate of drug-likeness (QED) is 0.771. The lowest BCUT2D eigenvalue weighted by molar-refractivity contribution is 0.112. The van der Waals surface area contributed by atoms with Crippen LogP contribution in [0.4, 0.5) is 5.69 Å². The first-order valence-corrected chi connectivity index (χ1v) is 5.64. The van der Waals surface area contributed by atoms with Crippen LogP contribution in [0.2, 0.25) is 0 Å². The van der Waals surface area contributed by atoms with Crippen molar-refractivity contribution in [3.05, 3.63) is 16.3 Å². The van der Waals surface area contributed by atoms with E-state index in [2.05, 4.69) is 4.90 Å². The number of aliphatic hydroxyl groups is 1. The summed E-state index contributed by atoms with van der Waals surface area (Å²) in [5, 5.41) is 11.1. The first kappa shape index (κ1) is 9.68. The first-order chi connectivity index (χ1) is 6.85. The number of rotatable bonds is 3. The average molecular weight is 211 g/mol. The minimum atomic E-state index is 0.201. The highest BCUT2D eigenvalue weighted by molar-refractivity contribution is 7.12. The number of aliphatic hydroxyl groups excluding tert-OH is 1. The zero-order valence-corrected chi connectivity index (χ0v) is 8.67. The van der Waals surface area contributed by atoms with Gasteiger partial charge in [-0.25, -0.2) is 0 Å². The fourth-order valence-electron chi connectivity index (χ4n) is 1.92. The van der Waals surface area contributed by atoms with Crippen molar-refractivity contribution in [2.75, 3.05) is 18.1 Å². The summed E-state index contributed by atoms with van der Waals surface area (Å²) >= 11 is 1.46. The van der Waals surface area contributed by atoms with Crippen molar-refractivity contribution in [2.24, 2.45) is 0 Å². The van der Waals surface area contributed by atoms with Crippen LogP contribution in [0.1, 0.15) is 22.5 Å². The van der Waals surface area contributed by atoms with E-state index in [0.29, 0.717) is 0 Å². The van der Waals surface area contributed by atoms with E-state index < -0.39 is 0 Å². The van der Waals surface area contributed by atoms with Gasteiger partial charge in [0, 0.05) is 17.6 Å². The summed E-state index contributed by atoms with van der Waals surface area (Å²) in [6.45, 7) is 1.19. The Labute approximate surface area is 87.0 Å². The van der Waals surface area contributed by atoms with E-state index in [1.54, 1.807) is 0 Å². The van der Waals surface area contributed by atoms with Gasteiger partial charge in [0.1, 0.15) is 0 Å². The van der Waals surface area contributed by atoms with Crippen molar-refractivity contribution < 1.29 is 9.90 Å². The third-order valence-electron chi connectivity index (χ3n) is 2.64. The van der Waals surface area contributed by atoms with Gasteiger partial charge in [0.05, 0.1) is 17.5 Å². The highest BCUT2D eigenvalue weighted by atomic mass is 32.1. The van der Waals surface area contributed by atoms with Crippen LogP contribution < -0.4 is 4.90 Å². The molecule has 0 amide bonds. The second-order valence-corrected chi connectivity index (χ2v) is 4.44. The molecule has 2 rings (SSSR count). The van der Waals surface area contributed by atoms with Crippen LogP contribution in [-0.4, -0.2) is 30.6 Å². The van der Waals surface area contributed by atoms with E-state index in [1.165, 1.54) is 11.3 Å². The predicted molar refractivity (Wildman–Crippen MR) is 57.2 cm³/mol. The summed E-state index contributed by atoms with van der Waals surface area (Å²) in [4.78, 5) is 13.5. The van der Waals surface area contributed by atoms with Crippen molar-refractivity contribution in [3.63, 3.8) is 0 Å². The monoisotopic (exact) mass is 211 g/mol. The topological polar surface area (TPSA) is 40.5 Å². The molecule has 1 aliphatic heterocycles. The van der Waals surface area contributed by atoms with Gasteiger partial charge in [0.25, 0.3) is 0 Å². The zero-order chi connectivity index (χ0) is 9.97. The molecule has 1 aromatic heterocycles. The maximum atomic E-state index is 10.5. The van der Waals surface area contributed by atoms with Gasteiger partial charge in [-0.15, -0.1) is 11.3 Å². The molecular weight excluding hydrogens is 198 g/mol. The molecule has 2 heterocycles. The van der Waals surface area contributed by atoms with Crippen LogP contribution in [-0.2, 0) is 0 Å². The van der Waals surface area contributed by atoms with Crippen LogP contribution in [0.15, 0.2) is 11.4 Å². The largest absolute Gasteiger partial charge is 0.394 e. The Kier molecular flexibility index (Phi) is 2.84. The lowest BCUT2D eigenvalue weighted by Crippen LogP contribution is -2.31. The number of hydrogen-bond donors (Lipinski definition) is 1. The van der Waals surface area contributed by atoms with Crippen LogP contribution >= 0.6 is 11.3 Å². The first-order valence-electron chi connectivity index (χ1n) is 4.76. The lowest BCUT2D eigenvalue weighted by atomic mass is 10.2. The third-order valence-corrected chi connectivity index (χ3v) is 3.49. The summed E-state index contributed by atoms with van der Waals surface area (Å²) < 4.78 is 0. The predicted octanol–water partition coefficient (Wildman–Crippen LogP) is 1.52. The number of hydrogen-bond acceptors (Lipinski definition) is 4. The number of anilines is 1. The Hall–Kier alpha value is -0.870. The lowest BCUT2D eigenvalue weighted by Gasteiger charge is -2.23. The molecule has 14 heavy (non-hydrogen) atoms. The van der Waals surface area contributed by atoms with Crippen LogP contribution in [0.3, 0.4) is 0 Å². The molecule has 0 spiro atoms. The summed E-state index contributed by atoms with van der Waals surface area (Å²) in [6.07, 6.45) is 3.04. The molecule has 3 nitrogen and oxygen atoms in total. The summed E-state index contributed by atoms with van der Waals surface area (Å²) in [5.41, 5.74) is 1.08. The fraction of sp³-hybridized carbons (Fsp3) is 0.500. The smallest absolute Gasteiger partial charge is 0.160 e. The Bertz CT molecular complexity index is 324. The highest BCUT2D eigenvalue weighted by Crippen LogP contribution is 2.28. The van der Waals surface area contributed by atoms with E-state index in [-0.39, 0.29) is 12.6 Å². The average Bonchev–Trinajstić information content (AvgIpc) is 2.85. The van der Waals surface area contributed by atoms with Gasteiger partial charge < -0.3 is 10.0 Å².